The molecule has 3 rings (SSSR count). The molecule has 0 spiro atoms. The number of imide groups is 1. The van der Waals surface area contributed by atoms with Crippen LogP contribution in [0.2, 0.25) is 5.02 Å². The number of hydrogen-bond acceptors (Lipinski definition) is 5. The zero-order valence-electron chi connectivity index (χ0n) is 15.5. The maximum Gasteiger partial charge on any atom is 0.338 e. The van der Waals surface area contributed by atoms with Gasteiger partial charge in [0, 0.05) is 10.7 Å². The number of benzene rings is 2. The highest BCUT2D eigenvalue weighted by molar-refractivity contribution is 6.31. The normalized spacial score (nSPS) is 13.2. The summed E-state index contributed by atoms with van der Waals surface area (Å²) in [6.07, 6.45) is 0. The fraction of sp³-hybridized carbons (Fsp3) is 0.200. The van der Waals surface area contributed by atoms with Gasteiger partial charge in [-0.3, -0.25) is 14.5 Å². The van der Waals surface area contributed by atoms with Crippen molar-refractivity contribution in [1.82, 2.24) is 10.2 Å². The first-order valence-electron chi connectivity index (χ1n) is 8.74. The van der Waals surface area contributed by atoms with E-state index in [1.165, 1.54) is 12.1 Å². The van der Waals surface area contributed by atoms with Gasteiger partial charge in [0.15, 0.2) is 6.61 Å². The van der Waals surface area contributed by atoms with Crippen LogP contribution in [-0.4, -0.2) is 41.9 Å². The van der Waals surface area contributed by atoms with E-state index < -0.39 is 24.5 Å². The first-order valence-corrected chi connectivity index (χ1v) is 9.11. The van der Waals surface area contributed by atoms with E-state index in [4.69, 9.17) is 16.3 Å². The molecule has 0 saturated carbocycles. The van der Waals surface area contributed by atoms with Crippen molar-refractivity contribution in [3.8, 4) is 0 Å². The number of anilines is 1. The Morgan fingerprint density at radius 3 is 2.69 bits per heavy atom. The largest absolute Gasteiger partial charge is 0.452 e. The number of ether oxygens (including phenoxy) is 1. The van der Waals surface area contributed by atoms with Crippen LogP contribution < -0.4 is 10.6 Å². The third-order valence-electron chi connectivity index (χ3n) is 4.23. The molecule has 0 unspecified atom stereocenters. The molecule has 29 heavy (non-hydrogen) atoms. The number of carbonyl (C=O) groups excluding carboxylic acids is 4. The summed E-state index contributed by atoms with van der Waals surface area (Å²) in [6, 6.07) is 10.9. The van der Waals surface area contributed by atoms with E-state index in [0.29, 0.717) is 16.3 Å². The van der Waals surface area contributed by atoms with Crippen molar-refractivity contribution in [2.24, 2.45) is 0 Å². The molecule has 8 nitrogen and oxygen atoms in total. The number of nitrogens with one attached hydrogen (secondary N) is 2. The van der Waals surface area contributed by atoms with Crippen molar-refractivity contribution >= 4 is 41.1 Å². The Labute approximate surface area is 171 Å². The van der Waals surface area contributed by atoms with Crippen LogP contribution in [0.1, 0.15) is 21.5 Å². The molecule has 1 heterocycles. The molecule has 9 heteroatoms. The Morgan fingerprint density at radius 1 is 1.21 bits per heavy atom. The van der Waals surface area contributed by atoms with Crippen LogP contribution in [0.4, 0.5) is 10.5 Å². The zero-order chi connectivity index (χ0) is 21.0. The van der Waals surface area contributed by atoms with Crippen LogP contribution in [0.15, 0.2) is 42.5 Å². The van der Waals surface area contributed by atoms with Gasteiger partial charge in [-0.2, -0.15) is 0 Å². The molecular weight excluding hydrogens is 398 g/mol. The Balaban J connectivity index is 1.56. The summed E-state index contributed by atoms with van der Waals surface area (Å²) in [5.74, 6) is -1.54. The van der Waals surface area contributed by atoms with Gasteiger partial charge in [0.05, 0.1) is 18.7 Å². The van der Waals surface area contributed by atoms with Gasteiger partial charge in [0.1, 0.15) is 0 Å². The Hall–Kier alpha value is -3.39. The maximum absolute atomic E-state index is 12.2. The molecule has 1 fully saturated rings. The van der Waals surface area contributed by atoms with Crippen molar-refractivity contribution in [1.29, 1.82) is 0 Å². The topological polar surface area (TPSA) is 105 Å². The minimum atomic E-state index is -0.693. The van der Waals surface area contributed by atoms with Crippen molar-refractivity contribution in [3.63, 3.8) is 0 Å². The average molecular weight is 416 g/mol. The molecular formula is C20H18ClN3O5. The Morgan fingerprint density at radius 2 is 2.00 bits per heavy atom. The highest BCUT2D eigenvalue weighted by Gasteiger charge is 2.28. The van der Waals surface area contributed by atoms with E-state index in [-0.39, 0.29) is 24.6 Å². The summed E-state index contributed by atoms with van der Waals surface area (Å²) in [5.41, 5.74) is 2.17. The minimum Gasteiger partial charge on any atom is -0.452 e. The highest BCUT2D eigenvalue weighted by atomic mass is 35.5. The lowest BCUT2D eigenvalue weighted by Crippen LogP contribution is -2.30. The number of rotatable bonds is 6. The molecule has 0 radical (unpaired) electrons. The highest BCUT2D eigenvalue weighted by Crippen LogP contribution is 2.20. The second-order valence-electron chi connectivity index (χ2n) is 6.43. The predicted octanol–water partition coefficient (Wildman–Crippen LogP) is 2.50. The van der Waals surface area contributed by atoms with Gasteiger partial charge in [-0.15, -0.1) is 0 Å². The molecule has 1 aliphatic heterocycles. The van der Waals surface area contributed by atoms with Crippen LogP contribution in [-0.2, 0) is 20.9 Å². The van der Waals surface area contributed by atoms with Crippen molar-refractivity contribution in [2.45, 2.75) is 13.5 Å². The monoisotopic (exact) mass is 415 g/mol. The number of urea groups is 1. The summed E-state index contributed by atoms with van der Waals surface area (Å²) in [4.78, 5) is 48.6. The second kappa shape index (κ2) is 8.74. The number of nitrogens with zero attached hydrogens (tertiary/aromatic N) is 1. The summed E-state index contributed by atoms with van der Waals surface area (Å²) >= 11 is 6.01. The van der Waals surface area contributed by atoms with Gasteiger partial charge in [0.25, 0.3) is 5.91 Å². The summed E-state index contributed by atoms with van der Waals surface area (Å²) in [5, 5.41) is 5.54. The third kappa shape index (κ3) is 5.11. The molecule has 0 aliphatic carbocycles. The number of esters is 1. The van der Waals surface area contributed by atoms with Gasteiger partial charge in [-0.05, 0) is 42.3 Å². The first-order chi connectivity index (χ1) is 13.8. The molecule has 150 valence electrons. The molecule has 0 bridgehead atoms. The minimum absolute atomic E-state index is 0.0398. The van der Waals surface area contributed by atoms with Crippen LogP contribution in [0, 0.1) is 6.92 Å². The second-order valence-corrected chi connectivity index (χ2v) is 6.83. The molecule has 2 aromatic carbocycles. The molecule has 1 saturated heterocycles. The van der Waals surface area contributed by atoms with Crippen molar-refractivity contribution in [3.05, 3.63) is 64.2 Å². The van der Waals surface area contributed by atoms with Gasteiger partial charge in [-0.25, -0.2) is 9.59 Å². The average Bonchev–Trinajstić information content (AvgIpc) is 3.01. The van der Waals surface area contributed by atoms with Crippen LogP contribution >= 0.6 is 11.6 Å². The van der Waals surface area contributed by atoms with Crippen molar-refractivity contribution in [2.75, 3.05) is 18.5 Å². The Kier molecular flexibility index (Phi) is 6.13. The zero-order valence-corrected chi connectivity index (χ0v) is 16.3. The molecule has 4 amide bonds. The van der Waals surface area contributed by atoms with E-state index in [2.05, 4.69) is 10.6 Å². The summed E-state index contributed by atoms with van der Waals surface area (Å²) in [6.45, 7) is 1.37. The number of halogens is 1. The molecule has 1 aliphatic rings. The SMILES string of the molecule is Cc1ccc(NC(=O)COC(=O)c2cccc(CN3C(=O)CNC3=O)c2)cc1Cl. The summed E-state index contributed by atoms with van der Waals surface area (Å²) in [7, 11) is 0. The molecule has 0 atom stereocenters. The molecule has 2 aromatic rings. The fourth-order valence-corrected chi connectivity index (χ4v) is 2.86. The number of amides is 4. The lowest BCUT2D eigenvalue weighted by Gasteiger charge is -2.13. The predicted molar refractivity (Wildman–Crippen MR) is 105 cm³/mol. The molecule has 2 N–H and O–H groups in total. The molecule has 0 aromatic heterocycles. The van der Waals surface area contributed by atoms with Gasteiger partial charge in [0.2, 0.25) is 5.91 Å². The van der Waals surface area contributed by atoms with Crippen LogP contribution in [0.5, 0.6) is 0 Å². The standard InChI is InChI=1S/C20H18ClN3O5/c1-12-5-6-15(8-16(12)21)23-17(25)11-29-19(27)14-4-2-3-13(7-14)10-24-18(26)9-22-20(24)28/h2-8H,9-11H2,1H3,(H,22,28)(H,23,25). The van der Waals surface area contributed by atoms with Gasteiger partial charge in [-0.1, -0.05) is 29.8 Å². The lowest BCUT2D eigenvalue weighted by atomic mass is 10.1. The number of aryl methyl sites for hydroxylation is 1. The van der Waals surface area contributed by atoms with E-state index in [9.17, 15) is 19.2 Å². The quantitative estimate of drug-likeness (QED) is 0.557. The number of hydrogen-bond donors (Lipinski definition) is 2. The van der Waals surface area contributed by atoms with Gasteiger partial charge >= 0.3 is 12.0 Å². The third-order valence-corrected chi connectivity index (χ3v) is 4.64. The fourth-order valence-electron chi connectivity index (χ4n) is 2.68. The van der Waals surface area contributed by atoms with Crippen LogP contribution in [0.25, 0.3) is 0 Å². The first kappa shape index (κ1) is 20.3. The lowest BCUT2D eigenvalue weighted by molar-refractivity contribution is -0.125. The summed E-state index contributed by atoms with van der Waals surface area (Å²) < 4.78 is 5.04. The van der Waals surface area contributed by atoms with E-state index in [1.54, 1.807) is 30.3 Å². The van der Waals surface area contributed by atoms with E-state index >= 15 is 0 Å². The number of carbonyl (C=O) groups is 4. The Bertz CT molecular complexity index is 976. The van der Waals surface area contributed by atoms with Gasteiger partial charge < -0.3 is 15.4 Å². The maximum atomic E-state index is 12.2. The van der Waals surface area contributed by atoms with E-state index in [0.717, 1.165) is 10.5 Å². The van der Waals surface area contributed by atoms with E-state index in [1.807, 2.05) is 6.92 Å². The smallest absolute Gasteiger partial charge is 0.338 e. The van der Waals surface area contributed by atoms with Crippen LogP contribution in [0.3, 0.4) is 0 Å². The van der Waals surface area contributed by atoms with Crippen molar-refractivity contribution < 1.29 is 23.9 Å².